The highest BCUT2D eigenvalue weighted by molar-refractivity contribution is 6.06. The molecule has 0 aliphatic rings. The first kappa shape index (κ1) is 12.5. The lowest BCUT2D eigenvalue weighted by Crippen LogP contribution is -2.37. The van der Waals surface area contributed by atoms with E-state index in [1.54, 1.807) is 12.3 Å². The predicted octanol–water partition coefficient (Wildman–Crippen LogP) is 1.74. The Morgan fingerprint density at radius 3 is 2.94 bits per heavy atom. The number of aliphatic hydroxyl groups is 1. The minimum absolute atomic E-state index is 0.0503. The smallest absolute Gasteiger partial charge is 0.252 e. The molecule has 0 unspecified atom stereocenters. The van der Waals surface area contributed by atoms with Crippen LogP contribution in [0.1, 0.15) is 23.7 Å². The molecular formula is C14H16N2O2. The fraction of sp³-hybridized carbons (Fsp3) is 0.286. The van der Waals surface area contributed by atoms with Crippen LogP contribution >= 0.6 is 0 Å². The summed E-state index contributed by atoms with van der Waals surface area (Å²) in [6.07, 6.45) is 2.40. The summed E-state index contributed by atoms with van der Waals surface area (Å²) in [4.78, 5) is 16.4. The van der Waals surface area contributed by atoms with E-state index in [0.29, 0.717) is 12.0 Å². The van der Waals surface area contributed by atoms with Gasteiger partial charge in [0.05, 0.1) is 18.2 Å². The normalized spacial score (nSPS) is 12.3. The molecule has 1 heterocycles. The average Bonchev–Trinajstić information content (AvgIpc) is 2.43. The molecule has 1 amide bonds. The van der Waals surface area contributed by atoms with Crippen molar-refractivity contribution < 1.29 is 9.90 Å². The molecule has 0 aliphatic heterocycles. The van der Waals surface area contributed by atoms with Gasteiger partial charge < -0.3 is 10.4 Å². The summed E-state index contributed by atoms with van der Waals surface area (Å²) in [5.74, 6) is -0.172. The van der Waals surface area contributed by atoms with Crippen molar-refractivity contribution in [2.24, 2.45) is 0 Å². The minimum Gasteiger partial charge on any atom is -0.394 e. The fourth-order valence-electron chi connectivity index (χ4n) is 1.84. The molecule has 0 radical (unpaired) electrons. The van der Waals surface area contributed by atoms with Gasteiger partial charge in [0, 0.05) is 17.1 Å². The highest BCUT2D eigenvalue weighted by atomic mass is 16.3. The van der Waals surface area contributed by atoms with Crippen LogP contribution in [0.5, 0.6) is 0 Å². The summed E-state index contributed by atoms with van der Waals surface area (Å²) in [6.45, 7) is 1.87. The van der Waals surface area contributed by atoms with Crippen molar-refractivity contribution in [2.75, 3.05) is 6.61 Å². The van der Waals surface area contributed by atoms with Gasteiger partial charge in [-0.3, -0.25) is 9.78 Å². The van der Waals surface area contributed by atoms with Gasteiger partial charge in [0.25, 0.3) is 5.91 Å². The molecule has 4 nitrogen and oxygen atoms in total. The van der Waals surface area contributed by atoms with E-state index in [-0.39, 0.29) is 18.6 Å². The topological polar surface area (TPSA) is 62.2 Å². The molecule has 1 atom stereocenters. The Labute approximate surface area is 106 Å². The van der Waals surface area contributed by atoms with Crippen molar-refractivity contribution in [3.63, 3.8) is 0 Å². The van der Waals surface area contributed by atoms with E-state index in [4.69, 9.17) is 5.11 Å². The quantitative estimate of drug-likeness (QED) is 0.861. The number of nitrogens with zero attached hydrogens (tertiary/aromatic N) is 1. The number of hydrogen-bond acceptors (Lipinski definition) is 3. The average molecular weight is 244 g/mol. The number of pyridine rings is 1. The van der Waals surface area contributed by atoms with Crippen molar-refractivity contribution >= 4 is 16.8 Å². The molecule has 0 fully saturated rings. The maximum absolute atomic E-state index is 12.1. The van der Waals surface area contributed by atoms with Crippen LogP contribution in [0.3, 0.4) is 0 Å². The van der Waals surface area contributed by atoms with Gasteiger partial charge in [-0.2, -0.15) is 0 Å². The molecule has 0 aliphatic carbocycles. The number of benzene rings is 1. The Balaban J connectivity index is 2.33. The fourth-order valence-corrected chi connectivity index (χ4v) is 1.84. The van der Waals surface area contributed by atoms with Crippen LogP contribution in [-0.2, 0) is 0 Å². The Morgan fingerprint density at radius 1 is 1.39 bits per heavy atom. The first-order chi connectivity index (χ1) is 8.76. The minimum atomic E-state index is -0.204. The number of nitrogens with one attached hydrogen (secondary N) is 1. The SMILES string of the molecule is CC[C@@H](CO)NC(=O)c1cccc2ncccc12. The van der Waals surface area contributed by atoms with Crippen LogP contribution < -0.4 is 5.32 Å². The third-order valence-electron chi connectivity index (χ3n) is 2.94. The third-order valence-corrected chi connectivity index (χ3v) is 2.94. The van der Waals surface area contributed by atoms with Gasteiger partial charge in [-0.05, 0) is 24.6 Å². The first-order valence-electron chi connectivity index (χ1n) is 6.01. The van der Waals surface area contributed by atoms with Crippen molar-refractivity contribution in [2.45, 2.75) is 19.4 Å². The summed E-state index contributed by atoms with van der Waals surface area (Å²) in [5.41, 5.74) is 1.38. The predicted molar refractivity (Wildman–Crippen MR) is 70.4 cm³/mol. The van der Waals surface area contributed by atoms with Gasteiger partial charge in [-0.1, -0.05) is 19.1 Å². The lowest BCUT2D eigenvalue weighted by Gasteiger charge is -2.14. The Bertz CT molecular complexity index is 545. The molecule has 0 bridgehead atoms. The molecule has 1 aromatic carbocycles. The number of aromatic nitrogens is 1. The van der Waals surface area contributed by atoms with Crippen molar-refractivity contribution in [1.29, 1.82) is 0 Å². The summed E-state index contributed by atoms with van der Waals surface area (Å²) in [5, 5.41) is 12.7. The second-order valence-corrected chi connectivity index (χ2v) is 4.14. The molecule has 2 rings (SSSR count). The summed E-state index contributed by atoms with van der Waals surface area (Å²) in [7, 11) is 0. The van der Waals surface area contributed by atoms with Crippen LogP contribution in [0.4, 0.5) is 0 Å². The van der Waals surface area contributed by atoms with Crippen molar-refractivity contribution in [3.8, 4) is 0 Å². The molecule has 4 heteroatoms. The second kappa shape index (κ2) is 5.60. The standard InChI is InChI=1S/C14H16N2O2/c1-2-10(9-17)16-14(18)12-5-3-7-13-11(12)6-4-8-15-13/h3-8,10,17H,2,9H2,1H3,(H,16,18)/t10-/m0/s1. The molecule has 18 heavy (non-hydrogen) atoms. The van der Waals surface area contributed by atoms with Crippen LogP contribution in [0.15, 0.2) is 36.5 Å². The van der Waals surface area contributed by atoms with E-state index in [0.717, 1.165) is 10.9 Å². The van der Waals surface area contributed by atoms with Crippen LogP contribution in [-0.4, -0.2) is 28.6 Å². The second-order valence-electron chi connectivity index (χ2n) is 4.14. The van der Waals surface area contributed by atoms with Gasteiger partial charge in [-0.25, -0.2) is 0 Å². The molecular weight excluding hydrogens is 228 g/mol. The zero-order valence-corrected chi connectivity index (χ0v) is 10.3. The Hall–Kier alpha value is -1.94. The summed E-state index contributed by atoms with van der Waals surface area (Å²) >= 11 is 0. The van der Waals surface area contributed by atoms with Gasteiger partial charge in [-0.15, -0.1) is 0 Å². The maximum Gasteiger partial charge on any atom is 0.252 e. The number of rotatable bonds is 4. The molecule has 1 aromatic heterocycles. The lowest BCUT2D eigenvalue weighted by molar-refractivity contribution is 0.0916. The van der Waals surface area contributed by atoms with Gasteiger partial charge in [0.2, 0.25) is 0 Å². The van der Waals surface area contributed by atoms with E-state index in [1.165, 1.54) is 0 Å². The van der Waals surface area contributed by atoms with E-state index < -0.39 is 0 Å². The number of hydrogen-bond donors (Lipinski definition) is 2. The van der Waals surface area contributed by atoms with Gasteiger partial charge in [0.15, 0.2) is 0 Å². The highest BCUT2D eigenvalue weighted by Gasteiger charge is 2.13. The number of fused-ring (bicyclic) bond motifs is 1. The van der Waals surface area contributed by atoms with E-state index in [9.17, 15) is 4.79 Å². The third kappa shape index (κ3) is 2.49. The number of carbonyl (C=O) groups excluding carboxylic acids is 1. The zero-order chi connectivity index (χ0) is 13.0. The van der Waals surface area contributed by atoms with E-state index in [2.05, 4.69) is 10.3 Å². The summed E-state index contributed by atoms with van der Waals surface area (Å²) < 4.78 is 0. The van der Waals surface area contributed by atoms with E-state index >= 15 is 0 Å². The van der Waals surface area contributed by atoms with Gasteiger partial charge >= 0.3 is 0 Å². The van der Waals surface area contributed by atoms with Crippen molar-refractivity contribution in [1.82, 2.24) is 10.3 Å². The molecule has 2 aromatic rings. The maximum atomic E-state index is 12.1. The number of carbonyl (C=O) groups is 1. The monoisotopic (exact) mass is 244 g/mol. The molecule has 0 saturated heterocycles. The largest absolute Gasteiger partial charge is 0.394 e. The number of aliphatic hydroxyl groups excluding tert-OH is 1. The van der Waals surface area contributed by atoms with Crippen molar-refractivity contribution in [3.05, 3.63) is 42.1 Å². The highest BCUT2D eigenvalue weighted by Crippen LogP contribution is 2.16. The number of amides is 1. The van der Waals surface area contributed by atoms with Crippen LogP contribution in [0, 0.1) is 0 Å². The summed E-state index contributed by atoms with van der Waals surface area (Å²) in [6, 6.07) is 8.92. The molecule has 0 saturated carbocycles. The molecule has 2 N–H and O–H groups in total. The first-order valence-corrected chi connectivity index (χ1v) is 6.01. The molecule has 94 valence electrons. The van der Waals surface area contributed by atoms with E-state index in [1.807, 2.05) is 31.2 Å². The van der Waals surface area contributed by atoms with Gasteiger partial charge in [0.1, 0.15) is 0 Å². The zero-order valence-electron chi connectivity index (χ0n) is 10.3. The Morgan fingerprint density at radius 2 is 2.22 bits per heavy atom. The Kier molecular flexibility index (Phi) is 3.89. The van der Waals surface area contributed by atoms with Crippen LogP contribution in [0.25, 0.3) is 10.9 Å². The molecule has 0 spiro atoms. The lowest BCUT2D eigenvalue weighted by atomic mass is 10.1. The van der Waals surface area contributed by atoms with Crippen LogP contribution in [0.2, 0.25) is 0 Å².